The van der Waals surface area contributed by atoms with Crippen LogP contribution in [0.1, 0.15) is 38.2 Å². The molecule has 1 aromatic heterocycles. The lowest BCUT2D eigenvalue weighted by atomic mass is 9.96. The Kier molecular flexibility index (Phi) is 7.75. The molecule has 1 aliphatic heterocycles. The minimum atomic E-state index is -3.50. The summed E-state index contributed by atoms with van der Waals surface area (Å²) in [6.07, 6.45) is 2.21. The van der Waals surface area contributed by atoms with Gasteiger partial charge in [-0.15, -0.1) is 0 Å². The molecular weight excluding hydrogens is 446 g/mol. The van der Waals surface area contributed by atoms with Crippen LogP contribution < -0.4 is 21.9 Å². The summed E-state index contributed by atoms with van der Waals surface area (Å²) in [6.45, 7) is 2.75. The number of anilines is 2. The van der Waals surface area contributed by atoms with Gasteiger partial charge >= 0.3 is 5.69 Å². The van der Waals surface area contributed by atoms with Crippen LogP contribution in [-0.2, 0) is 27.1 Å². The number of hydrogen-bond acceptors (Lipinski definition) is 6. The summed E-state index contributed by atoms with van der Waals surface area (Å²) in [5, 5.41) is 0. The van der Waals surface area contributed by atoms with E-state index < -0.39 is 27.2 Å². The predicted octanol–water partition coefficient (Wildman–Crippen LogP) is 1.12. The fourth-order valence-corrected chi connectivity index (χ4v) is 5.64. The van der Waals surface area contributed by atoms with E-state index in [1.54, 1.807) is 24.3 Å². The van der Waals surface area contributed by atoms with Crippen molar-refractivity contribution in [3.8, 4) is 0 Å². The Morgan fingerprint density at radius 3 is 2.42 bits per heavy atom. The number of nitrogen functional groups attached to an aromatic ring is 1. The first kappa shape index (κ1) is 24.7. The predicted molar refractivity (Wildman–Crippen MR) is 127 cm³/mol. The van der Waals surface area contributed by atoms with Gasteiger partial charge in [0.05, 0.1) is 5.75 Å². The normalized spacial score (nSPS) is 15.5. The third kappa shape index (κ3) is 5.53. The maximum atomic E-state index is 13.1. The summed E-state index contributed by atoms with van der Waals surface area (Å²) in [7, 11) is -2.04. The van der Waals surface area contributed by atoms with E-state index in [0.29, 0.717) is 31.4 Å². The molecule has 2 heterocycles. The first-order valence-electron chi connectivity index (χ1n) is 11.1. The van der Waals surface area contributed by atoms with Crippen LogP contribution >= 0.6 is 0 Å². The number of H-pyrrole nitrogens is 1. The number of aromatic amines is 1. The van der Waals surface area contributed by atoms with Gasteiger partial charge in [-0.25, -0.2) is 17.5 Å². The number of hydrogen-bond donors (Lipinski definition) is 2. The number of carbonyl (C=O) groups is 1. The molecular formula is C22H31N5O5S. The number of amides is 1. The van der Waals surface area contributed by atoms with E-state index in [9.17, 15) is 22.8 Å². The average Bonchev–Trinajstić information content (AvgIpc) is 2.78. The van der Waals surface area contributed by atoms with Crippen LogP contribution in [0, 0.1) is 5.92 Å². The number of sulfonamides is 1. The van der Waals surface area contributed by atoms with Gasteiger partial charge in [0.1, 0.15) is 5.82 Å². The fraction of sp³-hybridized carbons (Fsp3) is 0.500. The molecule has 33 heavy (non-hydrogen) atoms. The SMILES string of the molecule is CCCCn1c(N)c(N(C)C(=O)C2CCN(S(=O)(=O)Cc3ccccc3)CC2)c(=O)[nH]c1=O. The van der Waals surface area contributed by atoms with Crippen LogP contribution in [0.15, 0.2) is 39.9 Å². The Morgan fingerprint density at radius 1 is 1.18 bits per heavy atom. The summed E-state index contributed by atoms with van der Waals surface area (Å²) >= 11 is 0. The number of nitrogens with zero attached hydrogens (tertiary/aromatic N) is 3. The van der Waals surface area contributed by atoms with Gasteiger partial charge < -0.3 is 10.6 Å². The summed E-state index contributed by atoms with van der Waals surface area (Å²) in [5.41, 5.74) is 5.44. The second kappa shape index (κ2) is 10.3. The monoisotopic (exact) mass is 477 g/mol. The quantitative estimate of drug-likeness (QED) is 0.584. The molecule has 0 bridgehead atoms. The number of unbranched alkanes of at least 4 members (excludes halogenated alkanes) is 1. The number of rotatable bonds is 8. The highest BCUT2D eigenvalue weighted by Gasteiger charge is 2.34. The zero-order valence-corrected chi connectivity index (χ0v) is 19.8. The van der Waals surface area contributed by atoms with E-state index in [4.69, 9.17) is 5.73 Å². The summed E-state index contributed by atoms with van der Waals surface area (Å²) in [6, 6.07) is 8.96. The molecule has 0 radical (unpaired) electrons. The molecule has 1 aliphatic rings. The first-order chi connectivity index (χ1) is 15.7. The number of aromatic nitrogens is 2. The van der Waals surface area contributed by atoms with Crippen molar-refractivity contribution in [2.75, 3.05) is 30.8 Å². The molecule has 3 N–H and O–H groups in total. The van der Waals surface area contributed by atoms with Crippen molar-refractivity contribution in [2.24, 2.45) is 5.92 Å². The second-order valence-corrected chi connectivity index (χ2v) is 10.3. The Balaban J connectivity index is 1.71. The van der Waals surface area contributed by atoms with Crippen LogP contribution in [0.5, 0.6) is 0 Å². The van der Waals surface area contributed by atoms with Crippen molar-refractivity contribution in [3.05, 3.63) is 56.7 Å². The molecule has 0 unspecified atom stereocenters. The van der Waals surface area contributed by atoms with E-state index in [1.165, 1.54) is 20.8 Å². The molecule has 0 atom stereocenters. The molecule has 1 aromatic carbocycles. The molecule has 0 saturated carbocycles. The first-order valence-corrected chi connectivity index (χ1v) is 12.7. The minimum absolute atomic E-state index is 0.0454. The molecule has 180 valence electrons. The topological polar surface area (TPSA) is 139 Å². The van der Waals surface area contributed by atoms with Crippen molar-refractivity contribution in [1.82, 2.24) is 13.9 Å². The van der Waals surface area contributed by atoms with Gasteiger partial charge in [0, 0.05) is 32.6 Å². The van der Waals surface area contributed by atoms with Gasteiger partial charge in [-0.05, 0) is 24.8 Å². The molecule has 10 nitrogen and oxygen atoms in total. The van der Waals surface area contributed by atoms with Crippen molar-refractivity contribution >= 4 is 27.4 Å². The van der Waals surface area contributed by atoms with Crippen LogP contribution in [0.25, 0.3) is 0 Å². The summed E-state index contributed by atoms with van der Waals surface area (Å²) in [4.78, 5) is 41.1. The molecule has 1 amide bonds. The van der Waals surface area contributed by atoms with Crippen LogP contribution in [-0.4, -0.2) is 48.3 Å². The van der Waals surface area contributed by atoms with Crippen molar-refractivity contribution in [3.63, 3.8) is 0 Å². The average molecular weight is 478 g/mol. The van der Waals surface area contributed by atoms with Gasteiger partial charge in [-0.3, -0.25) is 19.1 Å². The Bertz CT molecular complexity index is 1200. The smallest absolute Gasteiger partial charge is 0.330 e. The zero-order chi connectivity index (χ0) is 24.2. The highest BCUT2D eigenvalue weighted by molar-refractivity contribution is 7.88. The third-order valence-corrected chi connectivity index (χ3v) is 7.85. The van der Waals surface area contributed by atoms with Crippen LogP contribution in [0.4, 0.5) is 11.5 Å². The van der Waals surface area contributed by atoms with Crippen molar-refractivity contribution in [2.45, 2.75) is 44.9 Å². The van der Waals surface area contributed by atoms with Gasteiger partial charge in [0.25, 0.3) is 5.56 Å². The molecule has 1 fully saturated rings. The Labute approximate surface area is 193 Å². The third-order valence-electron chi connectivity index (χ3n) is 6.00. The number of nitrogens with two attached hydrogens (primary N) is 1. The number of benzene rings is 1. The maximum Gasteiger partial charge on any atom is 0.330 e. The van der Waals surface area contributed by atoms with E-state index in [1.807, 2.05) is 13.0 Å². The van der Waals surface area contributed by atoms with Gasteiger partial charge in [-0.1, -0.05) is 43.7 Å². The molecule has 0 aliphatic carbocycles. The van der Waals surface area contributed by atoms with E-state index in [-0.39, 0.29) is 36.3 Å². The fourth-order valence-electron chi connectivity index (χ4n) is 4.08. The second-order valence-electron chi connectivity index (χ2n) is 8.31. The lowest BCUT2D eigenvalue weighted by molar-refractivity contribution is -0.123. The highest BCUT2D eigenvalue weighted by Crippen LogP contribution is 2.25. The number of nitrogens with one attached hydrogen (secondary N) is 1. The summed E-state index contributed by atoms with van der Waals surface area (Å²) < 4.78 is 28.2. The molecule has 2 aromatic rings. The number of carbonyl (C=O) groups excluding carboxylic acids is 1. The van der Waals surface area contributed by atoms with Gasteiger partial charge in [-0.2, -0.15) is 0 Å². The van der Waals surface area contributed by atoms with Gasteiger partial charge in [0.2, 0.25) is 15.9 Å². The largest absolute Gasteiger partial charge is 0.383 e. The molecule has 11 heteroatoms. The van der Waals surface area contributed by atoms with E-state index >= 15 is 0 Å². The van der Waals surface area contributed by atoms with Gasteiger partial charge in [0.15, 0.2) is 5.69 Å². The van der Waals surface area contributed by atoms with E-state index in [0.717, 1.165) is 6.42 Å². The highest BCUT2D eigenvalue weighted by atomic mass is 32.2. The number of piperidine rings is 1. The van der Waals surface area contributed by atoms with Crippen LogP contribution in [0.2, 0.25) is 0 Å². The lowest BCUT2D eigenvalue weighted by Gasteiger charge is -2.32. The van der Waals surface area contributed by atoms with E-state index in [2.05, 4.69) is 4.98 Å². The lowest BCUT2D eigenvalue weighted by Crippen LogP contribution is -2.46. The van der Waals surface area contributed by atoms with Crippen molar-refractivity contribution in [1.29, 1.82) is 0 Å². The zero-order valence-electron chi connectivity index (χ0n) is 19.0. The van der Waals surface area contributed by atoms with Crippen LogP contribution in [0.3, 0.4) is 0 Å². The molecule has 0 spiro atoms. The summed E-state index contributed by atoms with van der Waals surface area (Å²) in [5.74, 6) is -0.908. The Morgan fingerprint density at radius 2 is 1.82 bits per heavy atom. The minimum Gasteiger partial charge on any atom is -0.383 e. The van der Waals surface area contributed by atoms with Crippen molar-refractivity contribution < 1.29 is 13.2 Å². The maximum absolute atomic E-state index is 13.1. The molecule has 3 rings (SSSR count). The Hall–Kier alpha value is -2.92. The molecule has 1 saturated heterocycles. The standard InChI is InChI=1S/C22H31N5O5S/c1-3-4-12-27-19(23)18(20(28)24-22(27)30)25(2)21(29)17-10-13-26(14-11-17)33(31,32)15-16-8-6-5-7-9-16/h5-9,17H,3-4,10-15,23H2,1-2H3,(H,24,28,30).